The molecule has 0 bridgehead atoms. The van der Waals surface area contributed by atoms with Gasteiger partial charge in [-0.3, -0.25) is 0 Å². The summed E-state index contributed by atoms with van der Waals surface area (Å²) in [4.78, 5) is 0. The van der Waals surface area contributed by atoms with Gasteiger partial charge >= 0.3 is 0 Å². The van der Waals surface area contributed by atoms with Gasteiger partial charge in [0.2, 0.25) is 0 Å². The number of hydrogen-bond acceptors (Lipinski definition) is 3. The minimum atomic E-state index is -0.266. The Kier molecular flexibility index (Phi) is 7.37. The molecule has 0 saturated heterocycles. The summed E-state index contributed by atoms with van der Waals surface area (Å²) < 4.78 is 24.0. The van der Waals surface area contributed by atoms with E-state index in [0.717, 1.165) is 18.5 Å². The molecule has 1 N–H and O–H groups in total. The van der Waals surface area contributed by atoms with E-state index in [9.17, 15) is 4.39 Å². The lowest BCUT2D eigenvalue weighted by Crippen LogP contribution is -2.14. The summed E-state index contributed by atoms with van der Waals surface area (Å²) in [5.41, 5.74) is 0.898. The van der Waals surface area contributed by atoms with Crippen LogP contribution in [-0.4, -0.2) is 26.4 Å². The maximum atomic E-state index is 13.4. The minimum Gasteiger partial charge on any atom is -0.491 e. The van der Waals surface area contributed by atoms with Gasteiger partial charge in [-0.2, -0.15) is 0 Å². The molecule has 0 aliphatic carbocycles. The van der Waals surface area contributed by atoms with Gasteiger partial charge in [0.25, 0.3) is 0 Å². The number of rotatable bonds is 9. The SMILES string of the molecule is CCCNCc1cc(F)cc(OCCOCC)c1. The second-order valence-electron chi connectivity index (χ2n) is 4.02. The van der Waals surface area contributed by atoms with Crippen LogP contribution in [0.25, 0.3) is 0 Å². The fraction of sp³-hybridized carbons (Fsp3) is 0.571. The molecule has 0 aromatic heterocycles. The largest absolute Gasteiger partial charge is 0.491 e. The highest BCUT2D eigenvalue weighted by Crippen LogP contribution is 2.16. The Morgan fingerprint density at radius 2 is 2.00 bits per heavy atom. The van der Waals surface area contributed by atoms with Crippen molar-refractivity contribution in [2.45, 2.75) is 26.8 Å². The van der Waals surface area contributed by atoms with Crippen LogP contribution in [-0.2, 0) is 11.3 Å². The van der Waals surface area contributed by atoms with Crippen LogP contribution in [0.3, 0.4) is 0 Å². The Bertz CT molecular complexity index is 345. The first-order chi connectivity index (χ1) is 8.76. The van der Waals surface area contributed by atoms with Crippen LogP contribution in [0.5, 0.6) is 5.75 Å². The van der Waals surface area contributed by atoms with Gasteiger partial charge in [-0.25, -0.2) is 4.39 Å². The van der Waals surface area contributed by atoms with Crippen LogP contribution >= 0.6 is 0 Å². The van der Waals surface area contributed by atoms with E-state index in [2.05, 4.69) is 12.2 Å². The van der Waals surface area contributed by atoms with Crippen LogP contribution in [0.15, 0.2) is 18.2 Å². The smallest absolute Gasteiger partial charge is 0.127 e. The van der Waals surface area contributed by atoms with Crippen molar-refractivity contribution in [3.05, 3.63) is 29.6 Å². The van der Waals surface area contributed by atoms with Gasteiger partial charge in [0.1, 0.15) is 18.2 Å². The molecule has 4 heteroatoms. The van der Waals surface area contributed by atoms with Crippen molar-refractivity contribution in [3.8, 4) is 5.75 Å². The maximum Gasteiger partial charge on any atom is 0.127 e. The number of halogens is 1. The average molecular weight is 255 g/mol. The van der Waals surface area contributed by atoms with Crippen molar-refractivity contribution < 1.29 is 13.9 Å². The van der Waals surface area contributed by atoms with E-state index in [1.807, 2.05) is 13.0 Å². The van der Waals surface area contributed by atoms with Crippen LogP contribution in [0, 0.1) is 5.82 Å². The summed E-state index contributed by atoms with van der Waals surface area (Å²) >= 11 is 0. The molecule has 0 saturated carbocycles. The summed E-state index contributed by atoms with van der Waals surface area (Å²) in [5.74, 6) is 0.292. The zero-order chi connectivity index (χ0) is 13.2. The van der Waals surface area contributed by atoms with E-state index in [0.29, 0.717) is 32.1 Å². The molecule has 1 rings (SSSR count). The molecule has 0 spiro atoms. The van der Waals surface area contributed by atoms with Gasteiger partial charge < -0.3 is 14.8 Å². The lowest BCUT2D eigenvalue weighted by atomic mass is 10.2. The predicted molar refractivity (Wildman–Crippen MR) is 70.4 cm³/mol. The van der Waals surface area contributed by atoms with Crippen LogP contribution in [0.2, 0.25) is 0 Å². The molecule has 1 aromatic carbocycles. The molecule has 3 nitrogen and oxygen atoms in total. The quantitative estimate of drug-likeness (QED) is 0.688. The maximum absolute atomic E-state index is 13.4. The zero-order valence-electron chi connectivity index (χ0n) is 11.2. The van der Waals surface area contributed by atoms with Gasteiger partial charge in [-0.15, -0.1) is 0 Å². The van der Waals surface area contributed by atoms with E-state index >= 15 is 0 Å². The molecule has 0 radical (unpaired) electrons. The lowest BCUT2D eigenvalue weighted by Gasteiger charge is -2.09. The van der Waals surface area contributed by atoms with Crippen molar-refractivity contribution in [1.82, 2.24) is 5.32 Å². The van der Waals surface area contributed by atoms with Crippen LogP contribution in [0.4, 0.5) is 4.39 Å². The third kappa shape index (κ3) is 5.98. The predicted octanol–water partition coefficient (Wildman–Crippen LogP) is 2.74. The van der Waals surface area contributed by atoms with Gasteiger partial charge in [-0.05, 0) is 37.6 Å². The van der Waals surface area contributed by atoms with Crippen LogP contribution in [0.1, 0.15) is 25.8 Å². The van der Waals surface area contributed by atoms with Crippen molar-refractivity contribution in [1.29, 1.82) is 0 Å². The second-order valence-corrected chi connectivity index (χ2v) is 4.02. The third-order valence-electron chi connectivity index (χ3n) is 2.39. The topological polar surface area (TPSA) is 30.5 Å². The fourth-order valence-corrected chi connectivity index (χ4v) is 1.58. The molecule has 0 aliphatic rings. The average Bonchev–Trinajstić information content (AvgIpc) is 2.34. The Morgan fingerprint density at radius 1 is 1.17 bits per heavy atom. The summed E-state index contributed by atoms with van der Waals surface area (Å²) in [7, 11) is 0. The summed E-state index contributed by atoms with van der Waals surface area (Å²) in [5, 5.41) is 3.24. The summed E-state index contributed by atoms with van der Waals surface area (Å²) in [6, 6.07) is 4.78. The van der Waals surface area contributed by atoms with Crippen molar-refractivity contribution in [3.63, 3.8) is 0 Å². The highest BCUT2D eigenvalue weighted by molar-refractivity contribution is 5.29. The Morgan fingerprint density at radius 3 is 2.72 bits per heavy atom. The first-order valence-electron chi connectivity index (χ1n) is 6.47. The highest BCUT2D eigenvalue weighted by atomic mass is 19.1. The Balaban J connectivity index is 2.46. The van der Waals surface area contributed by atoms with Crippen molar-refractivity contribution >= 4 is 0 Å². The first-order valence-corrected chi connectivity index (χ1v) is 6.47. The lowest BCUT2D eigenvalue weighted by molar-refractivity contribution is 0.110. The second kappa shape index (κ2) is 8.89. The van der Waals surface area contributed by atoms with E-state index in [-0.39, 0.29) is 5.82 Å². The number of ether oxygens (including phenoxy) is 2. The van der Waals surface area contributed by atoms with Gasteiger partial charge in [0.15, 0.2) is 0 Å². The molecule has 0 unspecified atom stereocenters. The van der Waals surface area contributed by atoms with Gasteiger partial charge in [0, 0.05) is 19.2 Å². The Labute approximate surface area is 108 Å². The fourth-order valence-electron chi connectivity index (χ4n) is 1.58. The number of nitrogens with one attached hydrogen (secondary N) is 1. The third-order valence-corrected chi connectivity index (χ3v) is 2.39. The summed E-state index contributed by atoms with van der Waals surface area (Å²) in [6.07, 6.45) is 1.06. The molecular weight excluding hydrogens is 233 g/mol. The highest BCUT2D eigenvalue weighted by Gasteiger charge is 2.02. The molecule has 1 aromatic rings. The van der Waals surface area contributed by atoms with E-state index in [4.69, 9.17) is 9.47 Å². The molecule has 18 heavy (non-hydrogen) atoms. The number of hydrogen-bond donors (Lipinski definition) is 1. The monoisotopic (exact) mass is 255 g/mol. The van der Waals surface area contributed by atoms with E-state index in [1.54, 1.807) is 0 Å². The molecule has 0 aliphatic heterocycles. The zero-order valence-corrected chi connectivity index (χ0v) is 11.2. The first kappa shape index (κ1) is 14.9. The van der Waals surface area contributed by atoms with Gasteiger partial charge in [-0.1, -0.05) is 6.92 Å². The minimum absolute atomic E-state index is 0.266. The molecule has 102 valence electrons. The van der Waals surface area contributed by atoms with E-state index < -0.39 is 0 Å². The molecule has 0 atom stereocenters. The Hall–Kier alpha value is -1.13. The molecule has 0 amide bonds. The van der Waals surface area contributed by atoms with E-state index in [1.165, 1.54) is 12.1 Å². The van der Waals surface area contributed by atoms with Crippen molar-refractivity contribution in [2.75, 3.05) is 26.4 Å². The number of benzene rings is 1. The molecule has 0 heterocycles. The molecular formula is C14H22FNO2. The normalized spacial score (nSPS) is 10.6. The standard InChI is InChI=1S/C14H22FNO2/c1-3-5-16-11-12-8-13(15)10-14(9-12)18-7-6-17-4-2/h8-10,16H,3-7,11H2,1-2H3. The summed E-state index contributed by atoms with van der Waals surface area (Å²) in [6.45, 7) is 7.25. The molecule has 0 fully saturated rings. The van der Waals surface area contributed by atoms with Gasteiger partial charge in [0.05, 0.1) is 6.61 Å². The van der Waals surface area contributed by atoms with Crippen LogP contribution < -0.4 is 10.1 Å². The van der Waals surface area contributed by atoms with Crippen molar-refractivity contribution in [2.24, 2.45) is 0 Å².